The lowest BCUT2D eigenvalue weighted by atomic mass is 9.92. The Kier molecular flexibility index (Phi) is 7.21. The molecule has 2 saturated carbocycles. The van der Waals surface area contributed by atoms with Gasteiger partial charge in [-0.15, -0.1) is 5.10 Å². The second kappa shape index (κ2) is 11.1. The number of fused-ring (bicyclic) bond motifs is 1. The zero-order chi connectivity index (χ0) is 27.6. The summed E-state index contributed by atoms with van der Waals surface area (Å²) in [6.07, 6.45) is 9.93. The van der Waals surface area contributed by atoms with E-state index in [1.54, 1.807) is 11.6 Å². The zero-order valence-electron chi connectivity index (χ0n) is 22.4. The summed E-state index contributed by atoms with van der Waals surface area (Å²) in [6, 6.07) is 12.3. The van der Waals surface area contributed by atoms with Crippen LogP contribution in [0.5, 0.6) is 5.75 Å². The summed E-state index contributed by atoms with van der Waals surface area (Å²) in [6.45, 7) is 0.669. The number of hydrogen-bond donors (Lipinski definition) is 3. The number of nitrogens with zero attached hydrogens (tertiary/aromatic N) is 5. The molecule has 4 aromatic rings. The van der Waals surface area contributed by atoms with Crippen molar-refractivity contribution < 1.29 is 13.9 Å². The van der Waals surface area contributed by atoms with Crippen molar-refractivity contribution in [1.29, 1.82) is 0 Å². The van der Waals surface area contributed by atoms with Crippen molar-refractivity contribution in [3.8, 4) is 5.75 Å². The molecule has 0 saturated heterocycles. The van der Waals surface area contributed by atoms with Gasteiger partial charge in [0.2, 0.25) is 0 Å². The lowest BCUT2D eigenvalue weighted by molar-refractivity contribution is 0.102. The Balaban J connectivity index is 1.38. The Hall–Kier alpha value is -4.25. The van der Waals surface area contributed by atoms with Crippen LogP contribution in [0.2, 0.25) is 0 Å². The molecule has 2 aliphatic rings. The van der Waals surface area contributed by atoms with E-state index in [4.69, 9.17) is 15.6 Å². The first kappa shape index (κ1) is 26.0. The summed E-state index contributed by atoms with van der Waals surface area (Å²) < 4.78 is 21.1. The normalized spacial score (nSPS) is 18.9. The van der Waals surface area contributed by atoms with Crippen LogP contribution in [-0.4, -0.2) is 50.7 Å². The molecule has 0 bridgehead atoms. The Labute approximate surface area is 231 Å². The Morgan fingerprint density at radius 1 is 1.12 bits per heavy atom. The number of imidazole rings is 1. The summed E-state index contributed by atoms with van der Waals surface area (Å²) in [5.41, 5.74) is 8.97. The molecule has 2 fully saturated rings. The fourth-order valence-electron chi connectivity index (χ4n) is 5.25. The molecule has 0 radical (unpaired) electrons. The second-order valence-corrected chi connectivity index (χ2v) is 10.6. The van der Waals surface area contributed by atoms with Crippen molar-refractivity contribution in [2.45, 2.75) is 63.2 Å². The van der Waals surface area contributed by atoms with Crippen molar-refractivity contribution in [1.82, 2.24) is 19.6 Å². The fraction of sp³-hybridized carbons (Fsp3) is 0.379. The molecule has 0 unspecified atom stereocenters. The molecule has 11 heteroatoms. The number of nitrogens with two attached hydrogens (primary N) is 1. The van der Waals surface area contributed by atoms with Crippen LogP contribution < -0.4 is 26.0 Å². The Morgan fingerprint density at radius 2 is 1.90 bits per heavy atom. The first-order valence-corrected chi connectivity index (χ1v) is 13.7. The van der Waals surface area contributed by atoms with Crippen molar-refractivity contribution >= 4 is 28.7 Å². The number of hydrogen-bond acceptors (Lipinski definition) is 8. The summed E-state index contributed by atoms with van der Waals surface area (Å²) in [4.78, 5) is 24.0. The maximum Gasteiger partial charge on any atom is 0.276 e. The number of aromatic nitrogens is 4. The highest BCUT2D eigenvalue weighted by molar-refractivity contribution is 6.03. The van der Waals surface area contributed by atoms with Gasteiger partial charge >= 0.3 is 0 Å². The molecule has 0 atom stereocenters. The van der Waals surface area contributed by atoms with Crippen LogP contribution in [0, 0.1) is 5.82 Å². The van der Waals surface area contributed by atoms with Crippen LogP contribution >= 0.6 is 0 Å². The van der Waals surface area contributed by atoms with Crippen LogP contribution in [0.1, 0.15) is 54.6 Å². The molecular weight excluding hydrogens is 511 g/mol. The van der Waals surface area contributed by atoms with Crippen LogP contribution in [0.15, 0.2) is 55.0 Å². The highest BCUT2D eigenvalue weighted by atomic mass is 19.1. The van der Waals surface area contributed by atoms with Gasteiger partial charge in [0.15, 0.2) is 17.2 Å². The minimum absolute atomic E-state index is 0.0436. The molecule has 1 amide bonds. The summed E-state index contributed by atoms with van der Waals surface area (Å²) in [5.74, 6) is 0.340. The Morgan fingerprint density at radius 3 is 2.60 bits per heavy atom. The third-order valence-electron chi connectivity index (χ3n) is 7.63. The molecule has 3 aromatic heterocycles. The van der Waals surface area contributed by atoms with Crippen molar-refractivity contribution in [3.05, 3.63) is 72.1 Å². The van der Waals surface area contributed by atoms with E-state index < -0.39 is 11.7 Å². The van der Waals surface area contributed by atoms with E-state index in [9.17, 15) is 9.18 Å². The lowest BCUT2D eigenvalue weighted by Gasteiger charge is -2.29. The van der Waals surface area contributed by atoms with Gasteiger partial charge in [-0.1, -0.05) is 12.1 Å². The maximum absolute atomic E-state index is 14.2. The molecule has 3 heterocycles. The van der Waals surface area contributed by atoms with Gasteiger partial charge in [0.25, 0.3) is 5.91 Å². The molecule has 208 valence electrons. The van der Waals surface area contributed by atoms with Gasteiger partial charge in [-0.25, -0.2) is 13.9 Å². The predicted octanol–water partition coefficient (Wildman–Crippen LogP) is 4.38. The summed E-state index contributed by atoms with van der Waals surface area (Å²) in [5, 5.41) is 11.0. The van der Waals surface area contributed by atoms with E-state index in [1.165, 1.54) is 18.5 Å². The van der Waals surface area contributed by atoms with E-state index in [0.29, 0.717) is 24.1 Å². The van der Waals surface area contributed by atoms with Gasteiger partial charge in [-0.05, 0) is 62.3 Å². The number of methoxy groups -OCH3 is 1. The standard InChI is InChI=1S/C29H33FN8O2/c1-40-22-10-2-18(3-11-22)17-37(21-8-9-21)25-14-27(34-20-6-4-19(31)5-7-20)36-38-26(16-33-28(25)38)29(39)35-24-12-13-32-15-23(24)30/h2-3,10-16,19-21H,4-9,17,31H2,1H3,(H,34,36)(H,32,35,39). The van der Waals surface area contributed by atoms with E-state index in [2.05, 4.69) is 37.6 Å². The number of ether oxygens (including phenoxy) is 1. The number of anilines is 3. The summed E-state index contributed by atoms with van der Waals surface area (Å²) >= 11 is 0. The number of halogens is 1. The van der Waals surface area contributed by atoms with Crippen LogP contribution in [0.3, 0.4) is 0 Å². The van der Waals surface area contributed by atoms with Gasteiger partial charge < -0.3 is 26.0 Å². The van der Waals surface area contributed by atoms with Gasteiger partial charge in [-0.3, -0.25) is 9.78 Å². The van der Waals surface area contributed by atoms with Crippen LogP contribution in [0.4, 0.5) is 21.6 Å². The zero-order valence-corrected chi connectivity index (χ0v) is 22.4. The molecule has 10 nitrogen and oxygen atoms in total. The fourth-order valence-corrected chi connectivity index (χ4v) is 5.25. The first-order chi connectivity index (χ1) is 19.5. The quantitative estimate of drug-likeness (QED) is 0.284. The number of amides is 1. The number of carbonyl (C=O) groups is 1. The maximum atomic E-state index is 14.2. The Bertz CT molecular complexity index is 1500. The largest absolute Gasteiger partial charge is 0.497 e. The molecule has 0 spiro atoms. The van der Waals surface area contributed by atoms with Crippen LogP contribution in [-0.2, 0) is 6.54 Å². The number of pyridine rings is 1. The molecule has 4 N–H and O–H groups in total. The average molecular weight is 545 g/mol. The molecule has 0 aliphatic heterocycles. The van der Waals surface area contributed by atoms with Gasteiger partial charge in [0, 0.05) is 36.9 Å². The van der Waals surface area contributed by atoms with Gasteiger partial charge in [0.1, 0.15) is 11.6 Å². The minimum Gasteiger partial charge on any atom is -0.497 e. The SMILES string of the molecule is COc1ccc(CN(c2cc(NC3CCC(N)CC3)nn3c(C(=O)Nc4ccncc4F)cnc23)C2CC2)cc1. The molecular formula is C29H33FN8O2. The molecule has 40 heavy (non-hydrogen) atoms. The first-order valence-electron chi connectivity index (χ1n) is 13.7. The predicted molar refractivity (Wildman–Crippen MR) is 151 cm³/mol. The van der Waals surface area contributed by atoms with Crippen molar-refractivity contribution in [2.24, 2.45) is 5.73 Å². The van der Waals surface area contributed by atoms with E-state index >= 15 is 0 Å². The van der Waals surface area contributed by atoms with Gasteiger partial charge in [0.05, 0.1) is 30.9 Å². The van der Waals surface area contributed by atoms with E-state index in [-0.39, 0.29) is 23.5 Å². The lowest BCUT2D eigenvalue weighted by Crippen LogP contribution is -2.33. The third-order valence-corrected chi connectivity index (χ3v) is 7.63. The molecule has 6 rings (SSSR count). The van der Waals surface area contributed by atoms with Gasteiger partial charge in [-0.2, -0.15) is 0 Å². The topological polar surface area (TPSA) is 123 Å². The van der Waals surface area contributed by atoms with Crippen molar-refractivity contribution in [2.75, 3.05) is 22.6 Å². The highest BCUT2D eigenvalue weighted by Gasteiger charge is 2.32. The highest BCUT2D eigenvalue weighted by Crippen LogP contribution is 2.37. The summed E-state index contributed by atoms with van der Waals surface area (Å²) in [7, 11) is 1.66. The average Bonchev–Trinajstić information content (AvgIpc) is 3.72. The number of benzene rings is 1. The van der Waals surface area contributed by atoms with E-state index in [1.807, 2.05) is 18.2 Å². The monoisotopic (exact) mass is 544 g/mol. The van der Waals surface area contributed by atoms with E-state index in [0.717, 1.165) is 61.7 Å². The van der Waals surface area contributed by atoms with Crippen LogP contribution in [0.25, 0.3) is 5.65 Å². The third kappa shape index (κ3) is 5.55. The molecule has 1 aromatic carbocycles. The second-order valence-electron chi connectivity index (χ2n) is 10.6. The minimum atomic E-state index is -0.615. The van der Waals surface area contributed by atoms with Crippen molar-refractivity contribution in [3.63, 3.8) is 0 Å². The number of rotatable bonds is 9. The number of carbonyl (C=O) groups excluding carboxylic acids is 1. The number of nitrogens with one attached hydrogen (secondary N) is 2. The smallest absolute Gasteiger partial charge is 0.276 e. The molecule has 2 aliphatic carbocycles.